The minimum atomic E-state index is -0.603. The molecule has 0 aromatic heterocycles. The van der Waals surface area contributed by atoms with E-state index in [1.807, 2.05) is 37.3 Å². The molecular formula is C13H16O3. The van der Waals surface area contributed by atoms with E-state index in [0.717, 1.165) is 5.56 Å². The first-order valence-corrected chi connectivity index (χ1v) is 5.43. The predicted octanol–water partition coefficient (Wildman–Crippen LogP) is 1.87. The lowest BCUT2D eigenvalue weighted by molar-refractivity contribution is -0.0869. The fraction of sp³-hybridized carbons (Fsp3) is 0.385. The molecule has 16 heavy (non-hydrogen) atoms. The van der Waals surface area contributed by atoms with Crippen LogP contribution in [0.25, 0.3) is 0 Å². The molecule has 0 fully saturated rings. The standard InChI is InChI=1S/C13H16O3/c1-10-13(14)12(7-8-15-10)16-9-11-5-3-2-4-6-11/h2-8,10,12-14H,9H2,1H3/t10-,12-,13-/m1/s1. The van der Waals surface area contributed by atoms with E-state index in [1.54, 1.807) is 12.3 Å². The highest BCUT2D eigenvalue weighted by atomic mass is 16.5. The maximum atomic E-state index is 9.81. The second-order valence-corrected chi connectivity index (χ2v) is 3.92. The van der Waals surface area contributed by atoms with Crippen molar-refractivity contribution in [3.63, 3.8) is 0 Å². The molecule has 0 amide bonds. The molecule has 3 atom stereocenters. The van der Waals surface area contributed by atoms with Crippen molar-refractivity contribution in [3.8, 4) is 0 Å². The lowest BCUT2D eigenvalue weighted by Crippen LogP contribution is -2.39. The van der Waals surface area contributed by atoms with Crippen LogP contribution >= 0.6 is 0 Å². The molecule has 0 spiro atoms. The first-order chi connectivity index (χ1) is 7.77. The summed E-state index contributed by atoms with van der Waals surface area (Å²) in [5, 5.41) is 9.81. The predicted molar refractivity (Wildman–Crippen MR) is 60.7 cm³/mol. The van der Waals surface area contributed by atoms with Gasteiger partial charge in [-0.2, -0.15) is 0 Å². The number of aliphatic hydroxyl groups is 1. The molecule has 0 aliphatic carbocycles. The zero-order valence-electron chi connectivity index (χ0n) is 9.24. The van der Waals surface area contributed by atoms with E-state index in [1.165, 1.54) is 0 Å². The van der Waals surface area contributed by atoms with Gasteiger partial charge in [0.15, 0.2) is 0 Å². The highest BCUT2D eigenvalue weighted by Gasteiger charge is 2.27. The Labute approximate surface area is 95.3 Å². The number of rotatable bonds is 3. The number of benzene rings is 1. The molecule has 2 rings (SSSR count). The monoisotopic (exact) mass is 220 g/mol. The van der Waals surface area contributed by atoms with Crippen LogP contribution in [0.5, 0.6) is 0 Å². The Hall–Kier alpha value is -1.32. The van der Waals surface area contributed by atoms with E-state index in [-0.39, 0.29) is 12.2 Å². The molecule has 0 saturated carbocycles. The molecule has 0 radical (unpaired) electrons. The normalized spacial score (nSPS) is 28.8. The van der Waals surface area contributed by atoms with Gasteiger partial charge in [-0.1, -0.05) is 30.3 Å². The van der Waals surface area contributed by atoms with Crippen molar-refractivity contribution in [2.45, 2.75) is 31.8 Å². The van der Waals surface area contributed by atoms with Gasteiger partial charge in [0.05, 0.1) is 12.9 Å². The zero-order chi connectivity index (χ0) is 11.4. The Kier molecular flexibility index (Phi) is 3.59. The summed E-state index contributed by atoms with van der Waals surface area (Å²) in [6.45, 7) is 2.33. The highest BCUT2D eigenvalue weighted by molar-refractivity contribution is 5.13. The van der Waals surface area contributed by atoms with Crippen LogP contribution in [0.15, 0.2) is 42.7 Å². The van der Waals surface area contributed by atoms with Crippen molar-refractivity contribution in [1.82, 2.24) is 0 Å². The number of aliphatic hydroxyl groups excluding tert-OH is 1. The molecule has 0 saturated heterocycles. The summed E-state index contributed by atoms with van der Waals surface area (Å²) in [5.74, 6) is 0. The molecule has 0 unspecified atom stereocenters. The van der Waals surface area contributed by atoms with E-state index in [2.05, 4.69) is 0 Å². The maximum Gasteiger partial charge on any atom is 0.124 e. The van der Waals surface area contributed by atoms with Gasteiger partial charge in [-0.25, -0.2) is 0 Å². The third kappa shape index (κ3) is 2.62. The van der Waals surface area contributed by atoms with E-state index in [9.17, 15) is 5.11 Å². The second-order valence-electron chi connectivity index (χ2n) is 3.92. The van der Waals surface area contributed by atoms with Crippen LogP contribution in [0.4, 0.5) is 0 Å². The van der Waals surface area contributed by atoms with Gasteiger partial charge in [-0.3, -0.25) is 0 Å². The SMILES string of the molecule is C[C@H]1OC=C[C@@H](OCc2ccccc2)[C@@H]1O. The molecule has 3 nitrogen and oxygen atoms in total. The number of hydrogen-bond acceptors (Lipinski definition) is 3. The fourth-order valence-electron chi connectivity index (χ4n) is 1.63. The molecule has 1 aromatic carbocycles. The van der Waals surface area contributed by atoms with Gasteiger partial charge in [0.2, 0.25) is 0 Å². The summed E-state index contributed by atoms with van der Waals surface area (Å²) in [5.41, 5.74) is 1.10. The number of ether oxygens (including phenoxy) is 2. The first-order valence-electron chi connectivity index (χ1n) is 5.43. The Morgan fingerprint density at radius 3 is 2.81 bits per heavy atom. The van der Waals surface area contributed by atoms with E-state index in [0.29, 0.717) is 6.61 Å². The molecular weight excluding hydrogens is 204 g/mol. The van der Waals surface area contributed by atoms with Crippen LogP contribution in [-0.4, -0.2) is 23.4 Å². The highest BCUT2D eigenvalue weighted by Crippen LogP contribution is 2.16. The van der Waals surface area contributed by atoms with Gasteiger partial charge >= 0.3 is 0 Å². The second kappa shape index (κ2) is 5.14. The van der Waals surface area contributed by atoms with Crippen molar-refractivity contribution >= 4 is 0 Å². The molecule has 3 heteroatoms. The van der Waals surface area contributed by atoms with Crippen LogP contribution in [0.1, 0.15) is 12.5 Å². The molecule has 86 valence electrons. The molecule has 1 aliphatic rings. The molecule has 1 heterocycles. The minimum absolute atomic E-state index is 0.217. The van der Waals surface area contributed by atoms with Crippen LogP contribution in [0.2, 0.25) is 0 Å². The Morgan fingerprint density at radius 1 is 1.31 bits per heavy atom. The molecule has 1 aromatic rings. The smallest absolute Gasteiger partial charge is 0.124 e. The van der Waals surface area contributed by atoms with Crippen LogP contribution in [0, 0.1) is 0 Å². The third-order valence-corrected chi connectivity index (χ3v) is 2.66. The van der Waals surface area contributed by atoms with Crippen molar-refractivity contribution in [3.05, 3.63) is 48.2 Å². The lowest BCUT2D eigenvalue weighted by atomic mass is 10.1. The summed E-state index contributed by atoms with van der Waals surface area (Å²) in [6.07, 6.45) is 2.23. The van der Waals surface area contributed by atoms with Gasteiger partial charge in [0.1, 0.15) is 18.3 Å². The van der Waals surface area contributed by atoms with Crippen LogP contribution in [-0.2, 0) is 16.1 Å². The zero-order valence-corrected chi connectivity index (χ0v) is 9.24. The van der Waals surface area contributed by atoms with Crippen LogP contribution < -0.4 is 0 Å². The van der Waals surface area contributed by atoms with Gasteiger partial charge in [-0.05, 0) is 18.6 Å². The average Bonchev–Trinajstić information content (AvgIpc) is 2.32. The van der Waals surface area contributed by atoms with Crippen LogP contribution in [0.3, 0.4) is 0 Å². The summed E-state index contributed by atoms with van der Waals surface area (Å²) in [6, 6.07) is 9.90. The molecule has 1 aliphatic heterocycles. The maximum absolute atomic E-state index is 9.81. The van der Waals surface area contributed by atoms with Gasteiger partial charge in [-0.15, -0.1) is 0 Å². The van der Waals surface area contributed by atoms with Crippen molar-refractivity contribution in [2.75, 3.05) is 0 Å². The van der Waals surface area contributed by atoms with Crippen molar-refractivity contribution in [2.24, 2.45) is 0 Å². The largest absolute Gasteiger partial charge is 0.496 e. The van der Waals surface area contributed by atoms with Crippen molar-refractivity contribution < 1.29 is 14.6 Å². The summed E-state index contributed by atoms with van der Waals surface area (Å²) in [4.78, 5) is 0. The fourth-order valence-corrected chi connectivity index (χ4v) is 1.63. The van der Waals surface area contributed by atoms with Gasteiger partial charge < -0.3 is 14.6 Å². The lowest BCUT2D eigenvalue weighted by Gasteiger charge is -2.28. The Morgan fingerprint density at radius 2 is 2.06 bits per heavy atom. The minimum Gasteiger partial charge on any atom is -0.496 e. The molecule has 1 N–H and O–H groups in total. The molecule has 0 bridgehead atoms. The topological polar surface area (TPSA) is 38.7 Å². The van der Waals surface area contributed by atoms with Gasteiger partial charge in [0, 0.05) is 0 Å². The third-order valence-electron chi connectivity index (χ3n) is 2.66. The summed E-state index contributed by atoms with van der Waals surface area (Å²) in [7, 11) is 0. The average molecular weight is 220 g/mol. The summed E-state index contributed by atoms with van der Waals surface area (Å²) >= 11 is 0. The summed E-state index contributed by atoms with van der Waals surface area (Å²) < 4.78 is 10.8. The Bertz CT molecular complexity index is 347. The quantitative estimate of drug-likeness (QED) is 0.845. The number of hydrogen-bond donors (Lipinski definition) is 1. The Balaban J connectivity index is 1.91. The van der Waals surface area contributed by atoms with Gasteiger partial charge in [0.25, 0.3) is 0 Å². The van der Waals surface area contributed by atoms with E-state index < -0.39 is 6.10 Å². The van der Waals surface area contributed by atoms with E-state index >= 15 is 0 Å². The van der Waals surface area contributed by atoms with E-state index in [4.69, 9.17) is 9.47 Å². The van der Waals surface area contributed by atoms with Crippen molar-refractivity contribution in [1.29, 1.82) is 0 Å². The first kappa shape index (κ1) is 11.2.